The Morgan fingerprint density at radius 1 is 1.19 bits per heavy atom. The zero-order valence-corrected chi connectivity index (χ0v) is 12.9. The molecule has 3 rings (SSSR count). The Kier molecular flexibility index (Phi) is 4.24. The first-order valence-electron chi connectivity index (χ1n) is 6.85. The van der Waals surface area contributed by atoms with Crippen LogP contribution in [0.1, 0.15) is 30.0 Å². The van der Waals surface area contributed by atoms with Crippen LogP contribution in [0.3, 0.4) is 0 Å². The number of hydrogen-bond donors (Lipinski definition) is 2. The molecule has 5 heteroatoms. The summed E-state index contributed by atoms with van der Waals surface area (Å²) in [6, 6.07) is 12.1. The second-order valence-electron chi connectivity index (χ2n) is 5.12. The Morgan fingerprint density at radius 3 is 2.48 bits per heavy atom. The van der Waals surface area contributed by atoms with Crippen LogP contribution in [0.4, 0.5) is 4.39 Å². The van der Waals surface area contributed by atoms with Gasteiger partial charge in [-0.2, -0.15) is 0 Å². The highest BCUT2D eigenvalue weighted by atomic mass is 79.9. The lowest BCUT2D eigenvalue weighted by atomic mass is 9.99. The van der Waals surface area contributed by atoms with Gasteiger partial charge in [0.2, 0.25) is 0 Å². The van der Waals surface area contributed by atoms with Crippen molar-refractivity contribution in [1.29, 1.82) is 0 Å². The summed E-state index contributed by atoms with van der Waals surface area (Å²) in [7, 11) is 0. The largest absolute Gasteiger partial charge is 0.490 e. The lowest BCUT2D eigenvalue weighted by Gasteiger charge is -2.19. The lowest BCUT2D eigenvalue weighted by Crippen LogP contribution is -2.29. The van der Waals surface area contributed by atoms with E-state index in [0.717, 1.165) is 24.2 Å². The van der Waals surface area contributed by atoms with Gasteiger partial charge in [0.25, 0.3) is 0 Å². The zero-order chi connectivity index (χ0) is 14.8. The second-order valence-corrected chi connectivity index (χ2v) is 5.98. The van der Waals surface area contributed by atoms with E-state index in [1.54, 1.807) is 12.1 Å². The van der Waals surface area contributed by atoms with Gasteiger partial charge in [-0.3, -0.25) is 5.84 Å². The molecule has 0 aromatic heterocycles. The van der Waals surface area contributed by atoms with Crippen molar-refractivity contribution in [2.24, 2.45) is 5.84 Å². The maximum atomic E-state index is 14.1. The maximum absolute atomic E-state index is 14.1. The highest BCUT2D eigenvalue weighted by molar-refractivity contribution is 9.10. The molecule has 2 aromatic carbocycles. The SMILES string of the molecule is NNC(c1ccc(OC2CC2)cc1)c1c(F)cccc1Br. The minimum atomic E-state index is -0.421. The molecule has 0 saturated heterocycles. The Labute approximate surface area is 131 Å². The van der Waals surface area contributed by atoms with Crippen LogP contribution in [0.5, 0.6) is 5.75 Å². The number of nitrogens with one attached hydrogen (secondary N) is 1. The highest BCUT2D eigenvalue weighted by Crippen LogP contribution is 2.32. The average Bonchev–Trinajstić information content (AvgIpc) is 3.28. The number of rotatable bonds is 5. The third-order valence-electron chi connectivity index (χ3n) is 3.50. The molecule has 1 saturated carbocycles. The number of benzene rings is 2. The molecule has 3 N–H and O–H groups in total. The van der Waals surface area contributed by atoms with E-state index in [0.29, 0.717) is 16.1 Å². The van der Waals surface area contributed by atoms with E-state index in [4.69, 9.17) is 10.6 Å². The molecule has 1 aliphatic rings. The van der Waals surface area contributed by atoms with Crippen molar-refractivity contribution in [3.8, 4) is 5.75 Å². The summed E-state index contributed by atoms with van der Waals surface area (Å²) in [5, 5.41) is 0. The minimum Gasteiger partial charge on any atom is -0.490 e. The normalized spacial score (nSPS) is 15.8. The van der Waals surface area contributed by atoms with Crippen molar-refractivity contribution in [1.82, 2.24) is 5.43 Å². The highest BCUT2D eigenvalue weighted by Gasteiger charge is 2.24. The van der Waals surface area contributed by atoms with Gasteiger partial charge < -0.3 is 4.74 Å². The zero-order valence-electron chi connectivity index (χ0n) is 11.4. The summed E-state index contributed by atoms with van der Waals surface area (Å²) < 4.78 is 20.5. The van der Waals surface area contributed by atoms with Gasteiger partial charge in [-0.1, -0.05) is 34.1 Å². The fourth-order valence-electron chi connectivity index (χ4n) is 2.25. The lowest BCUT2D eigenvalue weighted by molar-refractivity contribution is 0.303. The van der Waals surface area contributed by atoms with Crippen LogP contribution in [-0.4, -0.2) is 6.10 Å². The topological polar surface area (TPSA) is 47.3 Å². The molecule has 1 aliphatic carbocycles. The summed E-state index contributed by atoms with van der Waals surface area (Å²) in [6.45, 7) is 0. The summed E-state index contributed by atoms with van der Waals surface area (Å²) >= 11 is 3.38. The Balaban J connectivity index is 1.88. The van der Waals surface area contributed by atoms with E-state index >= 15 is 0 Å². The number of halogens is 2. The van der Waals surface area contributed by atoms with Gasteiger partial charge in [0.1, 0.15) is 11.6 Å². The van der Waals surface area contributed by atoms with Gasteiger partial charge in [0.15, 0.2) is 0 Å². The van der Waals surface area contributed by atoms with Crippen LogP contribution < -0.4 is 16.0 Å². The quantitative estimate of drug-likeness (QED) is 0.638. The Morgan fingerprint density at radius 2 is 1.90 bits per heavy atom. The van der Waals surface area contributed by atoms with Crippen LogP contribution in [0.25, 0.3) is 0 Å². The van der Waals surface area contributed by atoms with Gasteiger partial charge in [0, 0.05) is 10.0 Å². The molecule has 1 atom stereocenters. The van der Waals surface area contributed by atoms with Crippen LogP contribution in [0.15, 0.2) is 46.9 Å². The van der Waals surface area contributed by atoms with Gasteiger partial charge in [-0.05, 0) is 42.7 Å². The first kappa shape index (κ1) is 14.5. The molecule has 0 amide bonds. The fraction of sp³-hybridized carbons (Fsp3) is 0.250. The van der Waals surface area contributed by atoms with E-state index in [-0.39, 0.29) is 5.82 Å². The van der Waals surface area contributed by atoms with E-state index in [1.165, 1.54) is 6.07 Å². The van der Waals surface area contributed by atoms with Gasteiger partial charge in [-0.25, -0.2) is 9.82 Å². The molecular formula is C16H16BrFN2O. The molecular weight excluding hydrogens is 335 g/mol. The number of hydrazine groups is 1. The van der Waals surface area contributed by atoms with Gasteiger partial charge in [-0.15, -0.1) is 0 Å². The minimum absolute atomic E-state index is 0.300. The molecule has 1 unspecified atom stereocenters. The van der Waals surface area contributed by atoms with Crippen LogP contribution >= 0.6 is 15.9 Å². The molecule has 3 nitrogen and oxygen atoms in total. The van der Waals surface area contributed by atoms with Crippen molar-refractivity contribution in [3.63, 3.8) is 0 Å². The van der Waals surface area contributed by atoms with Crippen molar-refractivity contribution >= 4 is 15.9 Å². The molecule has 1 fully saturated rings. The molecule has 2 aromatic rings. The third kappa shape index (κ3) is 3.26. The predicted octanol–water partition coefficient (Wildman–Crippen LogP) is 3.68. The first-order chi connectivity index (χ1) is 10.2. The molecule has 0 bridgehead atoms. The number of ether oxygens (including phenoxy) is 1. The summed E-state index contributed by atoms with van der Waals surface area (Å²) in [5.41, 5.74) is 4.06. The monoisotopic (exact) mass is 350 g/mol. The summed E-state index contributed by atoms with van der Waals surface area (Å²) in [6.07, 6.45) is 2.60. The van der Waals surface area contributed by atoms with Crippen molar-refractivity contribution in [2.45, 2.75) is 25.0 Å². The number of hydrogen-bond acceptors (Lipinski definition) is 3. The molecule has 0 radical (unpaired) electrons. The molecule has 0 aliphatic heterocycles. The molecule has 0 spiro atoms. The van der Waals surface area contributed by atoms with Crippen LogP contribution in [0, 0.1) is 5.82 Å². The van der Waals surface area contributed by atoms with E-state index in [1.807, 2.05) is 24.3 Å². The van der Waals surface area contributed by atoms with Crippen molar-refractivity contribution in [2.75, 3.05) is 0 Å². The fourth-order valence-corrected chi connectivity index (χ4v) is 2.82. The first-order valence-corrected chi connectivity index (χ1v) is 7.65. The molecule has 0 heterocycles. The standard InChI is InChI=1S/C16H16BrFN2O/c17-13-2-1-3-14(18)15(13)16(20-19)10-4-6-11(7-5-10)21-12-8-9-12/h1-7,12,16,20H,8-9,19H2. The summed E-state index contributed by atoms with van der Waals surface area (Å²) in [4.78, 5) is 0. The average molecular weight is 351 g/mol. The smallest absolute Gasteiger partial charge is 0.129 e. The van der Waals surface area contributed by atoms with E-state index in [2.05, 4.69) is 21.4 Å². The number of nitrogens with two attached hydrogens (primary N) is 1. The Bertz CT molecular complexity index is 608. The summed E-state index contributed by atoms with van der Waals surface area (Å²) in [5.74, 6) is 6.17. The molecule has 110 valence electrons. The van der Waals surface area contributed by atoms with E-state index < -0.39 is 6.04 Å². The van der Waals surface area contributed by atoms with Crippen molar-refractivity contribution in [3.05, 3.63) is 63.9 Å². The van der Waals surface area contributed by atoms with Gasteiger partial charge >= 0.3 is 0 Å². The predicted molar refractivity (Wildman–Crippen MR) is 83.4 cm³/mol. The van der Waals surface area contributed by atoms with E-state index in [9.17, 15) is 4.39 Å². The van der Waals surface area contributed by atoms with Crippen LogP contribution in [-0.2, 0) is 0 Å². The van der Waals surface area contributed by atoms with Crippen LogP contribution in [0.2, 0.25) is 0 Å². The second kappa shape index (κ2) is 6.13. The molecule has 21 heavy (non-hydrogen) atoms. The van der Waals surface area contributed by atoms with Gasteiger partial charge in [0.05, 0.1) is 12.1 Å². The maximum Gasteiger partial charge on any atom is 0.129 e. The third-order valence-corrected chi connectivity index (χ3v) is 4.19. The Hall–Kier alpha value is -1.43. The van der Waals surface area contributed by atoms with Crippen molar-refractivity contribution < 1.29 is 9.13 Å².